The van der Waals surface area contributed by atoms with Crippen molar-refractivity contribution in [2.24, 2.45) is 5.92 Å². The molecule has 3 atom stereocenters. The number of carboxylic acid groups (broad SMARTS) is 1. The van der Waals surface area contributed by atoms with Crippen LogP contribution in [0.5, 0.6) is 0 Å². The molecule has 6 heteroatoms. The first-order valence-electron chi connectivity index (χ1n) is 7.38. The van der Waals surface area contributed by atoms with Gasteiger partial charge in [0, 0.05) is 24.9 Å². The lowest BCUT2D eigenvalue weighted by Crippen LogP contribution is -2.52. The molecule has 0 saturated carbocycles. The number of carbonyl (C=O) groups excluding carboxylic acids is 2. The molecule has 20 heavy (non-hydrogen) atoms. The molecule has 0 aromatic carbocycles. The minimum Gasteiger partial charge on any atom is -0.481 e. The third-order valence-electron chi connectivity index (χ3n) is 4.84. The molecule has 3 fully saturated rings. The van der Waals surface area contributed by atoms with Gasteiger partial charge < -0.3 is 15.3 Å². The quantitative estimate of drug-likeness (QED) is 0.788. The van der Waals surface area contributed by atoms with Crippen molar-refractivity contribution in [2.45, 2.75) is 63.1 Å². The summed E-state index contributed by atoms with van der Waals surface area (Å²) in [6.45, 7) is 0. The Morgan fingerprint density at radius 1 is 1.20 bits per heavy atom. The first-order chi connectivity index (χ1) is 9.54. The van der Waals surface area contributed by atoms with Crippen molar-refractivity contribution < 1.29 is 19.5 Å². The standard InChI is InChI=1S/C14H20N2O4/c17-12-4-3-11(15-12)14(20)16-9-1-2-10(16)6-8(5-9)7-13(18)19/h8-11H,1-7H2,(H,15,17)(H,18,19). The topological polar surface area (TPSA) is 86.7 Å². The van der Waals surface area contributed by atoms with E-state index >= 15 is 0 Å². The molecule has 0 aromatic heterocycles. The summed E-state index contributed by atoms with van der Waals surface area (Å²) in [7, 11) is 0. The second-order valence-electron chi connectivity index (χ2n) is 6.22. The first kappa shape index (κ1) is 13.4. The fourth-order valence-electron chi connectivity index (χ4n) is 4.04. The molecule has 3 aliphatic heterocycles. The lowest BCUT2D eigenvalue weighted by molar-refractivity contribution is -0.141. The largest absolute Gasteiger partial charge is 0.481 e. The summed E-state index contributed by atoms with van der Waals surface area (Å²) >= 11 is 0. The third-order valence-corrected chi connectivity index (χ3v) is 4.84. The molecule has 110 valence electrons. The van der Waals surface area contributed by atoms with E-state index < -0.39 is 5.97 Å². The van der Waals surface area contributed by atoms with Crippen molar-refractivity contribution in [1.82, 2.24) is 10.2 Å². The normalized spacial score (nSPS) is 36.0. The molecule has 0 aliphatic carbocycles. The molecule has 3 saturated heterocycles. The van der Waals surface area contributed by atoms with Crippen LogP contribution in [-0.2, 0) is 14.4 Å². The Morgan fingerprint density at radius 2 is 1.85 bits per heavy atom. The Bertz CT molecular complexity index is 436. The number of nitrogens with one attached hydrogen (secondary N) is 1. The highest BCUT2D eigenvalue weighted by molar-refractivity contribution is 5.91. The molecule has 2 amide bonds. The molecule has 3 aliphatic rings. The minimum atomic E-state index is -0.753. The minimum absolute atomic E-state index is 0.0390. The summed E-state index contributed by atoms with van der Waals surface area (Å²) in [5.74, 6) is -0.571. The van der Waals surface area contributed by atoms with Crippen LogP contribution in [0.3, 0.4) is 0 Å². The fraction of sp³-hybridized carbons (Fsp3) is 0.786. The fourth-order valence-corrected chi connectivity index (χ4v) is 4.04. The van der Waals surface area contributed by atoms with E-state index in [2.05, 4.69) is 5.32 Å². The van der Waals surface area contributed by atoms with Gasteiger partial charge in [0.1, 0.15) is 6.04 Å². The molecular formula is C14H20N2O4. The van der Waals surface area contributed by atoms with Crippen LogP contribution in [0.25, 0.3) is 0 Å². The molecule has 2 bridgehead atoms. The van der Waals surface area contributed by atoms with Crippen molar-refractivity contribution in [2.75, 3.05) is 0 Å². The highest BCUT2D eigenvalue weighted by Gasteiger charge is 2.46. The first-order valence-corrected chi connectivity index (χ1v) is 7.38. The van der Waals surface area contributed by atoms with Gasteiger partial charge in [0.25, 0.3) is 0 Å². The molecule has 0 radical (unpaired) electrons. The van der Waals surface area contributed by atoms with Gasteiger partial charge in [0.2, 0.25) is 11.8 Å². The van der Waals surface area contributed by atoms with E-state index in [1.165, 1.54) is 0 Å². The summed E-state index contributed by atoms with van der Waals surface area (Å²) in [6, 6.07) is -0.0205. The number of carboxylic acids is 1. The summed E-state index contributed by atoms with van der Waals surface area (Å²) in [6.07, 6.45) is 4.73. The van der Waals surface area contributed by atoms with Crippen LogP contribution in [0.1, 0.15) is 44.9 Å². The van der Waals surface area contributed by atoms with Crippen LogP contribution in [0.2, 0.25) is 0 Å². The molecule has 3 heterocycles. The van der Waals surface area contributed by atoms with Gasteiger partial charge in [-0.15, -0.1) is 0 Å². The van der Waals surface area contributed by atoms with Gasteiger partial charge in [-0.2, -0.15) is 0 Å². The van der Waals surface area contributed by atoms with E-state index in [9.17, 15) is 14.4 Å². The Hall–Kier alpha value is -1.59. The average Bonchev–Trinajstić information content (AvgIpc) is 2.91. The van der Waals surface area contributed by atoms with Crippen LogP contribution in [0.4, 0.5) is 0 Å². The Labute approximate surface area is 117 Å². The van der Waals surface area contributed by atoms with Crippen molar-refractivity contribution >= 4 is 17.8 Å². The van der Waals surface area contributed by atoms with Gasteiger partial charge >= 0.3 is 5.97 Å². The number of amides is 2. The highest BCUT2D eigenvalue weighted by Crippen LogP contribution is 2.40. The Balaban J connectivity index is 1.66. The van der Waals surface area contributed by atoms with Crippen LogP contribution >= 0.6 is 0 Å². The molecule has 0 aromatic rings. The number of aliphatic carboxylic acids is 1. The van der Waals surface area contributed by atoms with Crippen LogP contribution in [0, 0.1) is 5.92 Å². The predicted octanol–water partition coefficient (Wildman–Crippen LogP) is 0.509. The number of hydrogen-bond donors (Lipinski definition) is 2. The van der Waals surface area contributed by atoms with Crippen molar-refractivity contribution in [3.05, 3.63) is 0 Å². The van der Waals surface area contributed by atoms with Crippen molar-refractivity contribution in [3.63, 3.8) is 0 Å². The predicted molar refractivity (Wildman–Crippen MR) is 69.8 cm³/mol. The summed E-state index contributed by atoms with van der Waals surface area (Å²) < 4.78 is 0. The Kier molecular flexibility index (Phi) is 3.40. The van der Waals surface area contributed by atoms with Gasteiger partial charge in [0.15, 0.2) is 0 Å². The van der Waals surface area contributed by atoms with E-state index in [0.29, 0.717) is 12.8 Å². The van der Waals surface area contributed by atoms with E-state index in [-0.39, 0.29) is 42.3 Å². The lowest BCUT2D eigenvalue weighted by atomic mass is 9.87. The van der Waals surface area contributed by atoms with Gasteiger partial charge in [0.05, 0.1) is 0 Å². The van der Waals surface area contributed by atoms with Gasteiger partial charge in [-0.3, -0.25) is 14.4 Å². The SMILES string of the molecule is O=C(O)CC1CC2CCC(C1)N2C(=O)C1CCC(=O)N1. The summed E-state index contributed by atoms with van der Waals surface area (Å²) in [4.78, 5) is 36.5. The molecular weight excluding hydrogens is 260 g/mol. The smallest absolute Gasteiger partial charge is 0.303 e. The van der Waals surface area contributed by atoms with Crippen molar-refractivity contribution in [1.29, 1.82) is 0 Å². The van der Waals surface area contributed by atoms with E-state index in [4.69, 9.17) is 5.11 Å². The van der Waals surface area contributed by atoms with Crippen LogP contribution in [0.15, 0.2) is 0 Å². The Morgan fingerprint density at radius 3 is 2.35 bits per heavy atom. The van der Waals surface area contributed by atoms with Gasteiger partial charge in [-0.05, 0) is 38.0 Å². The van der Waals surface area contributed by atoms with Gasteiger partial charge in [-0.1, -0.05) is 0 Å². The zero-order valence-electron chi connectivity index (χ0n) is 11.4. The number of hydrogen-bond acceptors (Lipinski definition) is 3. The molecule has 2 N–H and O–H groups in total. The maximum atomic E-state index is 12.5. The highest BCUT2D eigenvalue weighted by atomic mass is 16.4. The lowest BCUT2D eigenvalue weighted by Gasteiger charge is -2.39. The summed E-state index contributed by atoms with van der Waals surface area (Å²) in [5, 5.41) is 11.6. The van der Waals surface area contributed by atoms with E-state index in [1.807, 2.05) is 4.90 Å². The van der Waals surface area contributed by atoms with Gasteiger partial charge in [-0.25, -0.2) is 0 Å². The molecule has 0 spiro atoms. The maximum Gasteiger partial charge on any atom is 0.303 e. The molecule has 3 rings (SSSR count). The zero-order chi connectivity index (χ0) is 14.3. The maximum absolute atomic E-state index is 12.5. The number of rotatable bonds is 3. The number of fused-ring (bicyclic) bond motifs is 2. The van der Waals surface area contributed by atoms with Crippen LogP contribution in [-0.4, -0.2) is 45.9 Å². The molecule has 3 unspecified atom stereocenters. The van der Waals surface area contributed by atoms with Crippen LogP contribution < -0.4 is 5.32 Å². The van der Waals surface area contributed by atoms with E-state index in [0.717, 1.165) is 25.7 Å². The summed E-state index contributed by atoms with van der Waals surface area (Å²) in [5.41, 5.74) is 0. The number of piperidine rings is 1. The second kappa shape index (κ2) is 5.07. The van der Waals surface area contributed by atoms with Crippen molar-refractivity contribution in [3.8, 4) is 0 Å². The average molecular weight is 280 g/mol. The monoisotopic (exact) mass is 280 g/mol. The third kappa shape index (κ3) is 2.39. The number of carbonyl (C=O) groups is 3. The molecule has 6 nitrogen and oxygen atoms in total. The number of nitrogens with zero attached hydrogens (tertiary/aromatic N) is 1. The second-order valence-corrected chi connectivity index (χ2v) is 6.22. The van der Waals surface area contributed by atoms with E-state index in [1.54, 1.807) is 0 Å². The zero-order valence-corrected chi connectivity index (χ0v) is 11.4.